The standard InChI is InChI=1S/C14H16ClNO4/c1-20-10-4-5-11(15)12(7-10)16-13(17)8-2-3-9(6-8)14(18)19/h4-5,7-9H,2-3,6H2,1H3,(H,16,17)(H,18,19)/t8-,9+/m1/s1. The SMILES string of the molecule is COc1ccc(Cl)c(NC(=O)[C@@H]2CC[C@H](C(=O)O)C2)c1. The van der Waals surface area contributed by atoms with Crippen molar-refractivity contribution in [3.05, 3.63) is 23.2 Å². The van der Waals surface area contributed by atoms with Gasteiger partial charge in [-0.05, 0) is 31.4 Å². The molecule has 0 unspecified atom stereocenters. The van der Waals surface area contributed by atoms with Crippen LogP contribution >= 0.6 is 11.6 Å². The second-order valence-electron chi connectivity index (χ2n) is 4.88. The third kappa shape index (κ3) is 3.22. The molecule has 20 heavy (non-hydrogen) atoms. The fourth-order valence-electron chi connectivity index (χ4n) is 2.41. The van der Waals surface area contributed by atoms with Crippen LogP contribution in [0.25, 0.3) is 0 Å². The van der Waals surface area contributed by atoms with Gasteiger partial charge in [0, 0.05) is 12.0 Å². The third-order valence-electron chi connectivity index (χ3n) is 3.58. The number of carbonyl (C=O) groups is 2. The third-order valence-corrected chi connectivity index (χ3v) is 3.91. The Balaban J connectivity index is 2.03. The van der Waals surface area contributed by atoms with Crippen molar-refractivity contribution >= 4 is 29.2 Å². The number of carboxylic acids is 1. The largest absolute Gasteiger partial charge is 0.497 e. The van der Waals surface area contributed by atoms with Gasteiger partial charge in [0.15, 0.2) is 0 Å². The predicted octanol–water partition coefficient (Wildman–Crippen LogP) is 2.79. The second-order valence-corrected chi connectivity index (χ2v) is 5.29. The molecule has 108 valence electrons. The number of methoxy groups -OCH3 is 1. The number of rotatable bonds is 4. The van der Waals surface area contributed by atoms with Gasteiger partial charge < -0.3 is 15.2 Å². The fraction of sp³-hybridized carbons (Fsp3) is 0.429. The van der Waals surface area contributed by atoms with Gasteiger partial charge >= 0.3 is 5.97 Å². The molecule has 0 radical (unpaired) electrons. The Labute approximate surface area is 121 Å². The Kier molecular flexibility index (Phi) is 4.49. The minimum atomic E-state index is -0.834. The van der Waals surface area contributed by atoms with Gasteiger partial charge in [-0.25, -0.2) is 0 Å². The number of ether oxygens (including phenoxy) is 1. The van der Waals surface area contributed by atoms with Gasteiger partial charge in [0.2, 0.25) is 5.91 Å². The first-order valence-electron chi connectivity index (χ1n) is 6.38. The summed E-state index contributed by atoms with van der Waals surface area (Å²) < 4.78 is 5.08. The van der Waals surface area contributed by atoms with Crippen molar-refractivity contribution in [3.63, 3.8) is 0 Å². The van der Waals surface area contributed by atoms with Crippen LogP contribution in [-0.2, 0) is 9.59 Å². The molecule has 0 bridgehead atoms. The first-order chi connectivity index (χ1) is 9.51. The molecule has 2 rings (SSSR count). The molecule has 0 spiro atoms. The Morgan fingerprint density at radius 2 is 2.05 bits per heavy atom. The zero-order valence-electron chi connectivity index (χ0n) is 11.1. The van der Waals surface area contributed by atoms with E-state index in [4.69, 9.17) is 21.4 Å². The molecule has 0 heterocycles. The highest BCUT2D eigenvalue weighted by molar-refractivity contribution is 6.33. The van der Waals surface area contributed by atoms with Crippen LogP contribution in [-0.4, -0.2) is 24.1 Å². The molecule has 0 saturated heterocycles. The lowest BCUT2D eigenvalue weighted by Gasteiger charge is -2.13. The summed E-state index contributed by atoms with van der Waals surface area (Å²) in [6, 6.07) is 4.99. The number of nitrogens with one attached hydrogen (secondary N) is 1. The van der Waals surface area contributed by atoms with E-state index in [1.807, 2.05) is 0 Å². The van der Waals surface area contributed by atoms with Gasteiger partial charge in [-0.2, -0.15) is 0 Å². The van der Waals surface area contributed by atoms with Crippen LogP contribution in [0.3, 0.4) is 0 Å². The van der Waals surface area contributed by atoms with Crippen molar-refractivity contribution < 1.29 is 19.4 Å². The molecule has 5 nitrogen and oxygen atoms in total. The van der Waals surface area contributed by atoms with Crippen LogP contribution in [0, 0.1) is 11.8 Å². The maximum atomic E-state index is 12.1. The lowest BCUT2D eigenvalue weighted by molar-refractivity contribution is -0.141. The molecule has 6 heteroatoms. The van der Waals surface area contributed by atoms with E-state index >= 15 is 0 Å². The zero-order chi connectivity index (χ0) is 14.7. The predicted molar refractivity (Wildman–Crippen MR) is 75.1 cm³/mol. The summed E-state index contributed by atoms with van der Waals surface area (Å²) >= 11 is 6.02. The first kappa shape index (κ1) is 14.7. The summed E-state index contributed by atoms with van der Waals surface area (Å²) in [5.74, 6) is -1.13. The molecule has 1 aromatic carbocycles. The smallest absolute Gasteiger partial charge is 0.306 e. The molecule has 0 aliphatic heterocycles. The van der Waals surface area contributed by atoms with E-state index in [0.717, 1.165) is 0 Å². The number of carboxylic acid groups (broad SMARTS) is 1. The van der Waals surface area contributed by atoms with Gasteiger partial charge in [0.25, 0.3) is 0 Å². The van der Waals surface area contributed by atoms with Crippen LogP contribution < -0.4 is 10.1 Å². The van der Waals surface area contributed by atoms with Crippen LogP contribution in [0.2, 0.25) is 5.02 Å². The lowest BCUT2D eigenvalue weighted by Crippen LogP contribution is -2.21. The van der Waals surface area contributed by atoms with Gasteiger partial charge in [0.05, 0.1) is 23.7 Å². The van der Waals surface area contributed by atoms with E-state index < -0.39 is 11.9 Å². The fourth-order valence-corrected chi connectivity index (χ4v) is 2.57. The summed E-state index contributed by atoms with van der Waals surface area (Å²) in [6.07, 6.45) is 1.51. The van der Waals surface area contributed by atoms with E-state index in [-0.39, 0.29) is 11.8 Å². The number of amides is 1. The molecule has 2 atom stereocenters. The highest BCUT2D eigenvalue weighted by Crippen LogP contribution is 2.33. The summed E-state index contributed by atoms with van der Waals surface area (Å²) in [5.41, 5.74) is 0.481. The Bertz CT molecular complexity index is 532. The van der Waals surface area contributed by atoms with Gasteiger partial charge in [-0.15, -0.1) is 0 Å². The average molecular weight is 298 g/mol. The molecule has 1 aromatic rings. The molecule has 1 amide bonds. The van der Waals surface area contributed by atoms with E-state index in [2.05, 4.69) is 5.32 Å². The summed E-state index contributed by atoms with van der Waals surface area (Å²) in [4.78, 5) is 23.0. The minimum absolute atomic E-state index is 0.191. The average Bonchev–Trinajstić information content (AvgIpc) is 2.91. The van der Waals surface area contributed by atoms with Crippen LogP contribution in [0.4, 0.5) is 5.69 Å². The molecule has 0 aromatic heterocycles. The lowest BCUT2D eigenvalue weighted by atomic mass is 10.0. The number of anilines is 1. The molecule has 1 fully saturated rings. The molecule has 1 saturated carbocycles. The number of hydrogen-bond acceptors (Lipinski definition) is 3. The van der Waals surface area contributed by atoms with E-state index in [1.54, 1.807) is 18.2 Å². The van der Waals surface area contributed by atoms with Crippen molar-refractivity contribution in [1.29, 1.82) is 0 Å². The monoisotopic (exact) mass is 297 g/mol. The summed E-state index contributed by atoms with van der Waals surface area (Å²) in [6.45, 7) is 0. The molecule has 2 N–H and O–H groups in total. The number of benzene rings is 1. The van der Waals surface area contributed by atoms with E-state index in [1.165, 1.54) is 7.11 Å². The van der Waals surface area contributed by atoms with Crippen molar-refractivity contribution in [3.8, 4) is 5.75 Å². The highest BCUT2D eigenvalue weighted by Gasteiger charge is 2.33. The number of halogens is 1. The zero-order valence-corrected chi connectivity index (χ0v) is 11.8. The quantitative estimate of drug-likeness (QED) is 0.896. The summed E-state index contributed by atoms with van der Waals surface area (Å²) in [5, 5.41) is 12.1. The topological polar surface area (TPSA) is 75.6 Å². The second kappa shape index (κ2) is 6.13. The van der Waals surface area contributed by atoms with Crippen molar-refractivity contribution in [1.82, 2.24) is 0 Å². The van der Waals surface area contributed by atoms with Crippen LogP contribution in [0.1, 0.15) is 19.3 Å². The van der Waals surface area contributed by atoms with Gasteiger partial charge in [0.1, 0.15) is 5.75 Å². The van der Waals surface area contributed by atoms with Crippen LogP contribution in [0.5, 0.6) is 5.75 Å². The minimum Gasteiger partial charge on any atom is -0.497 e. The Morgan fingerprint density at radius 3 is 2.65 bits per heavy atom. The Hall–Kier alpha value is -1.75. The van der Waals surface area contributed by atoms with Crippen molar-refractivity contribution in [2.45, 2.75) is 19.3 Å². The maximum absolute atomic E-state index is 12.1. The van der Waals surface area contributed by atoms with Crippen molar-refractivity contribution in [2.24, 2.45) is 11.8 Å². The highest BCUT2D eigenvalue weighted by atomic mass is 35.5. The maximum Gasteiger partial charge on any atom is 0.306 e. The normalized spacial score (nSPS) is 21.5. The number of aliphatic carboxylic acids is 1. The molecular weight excluding hydrogens is 282 g/mol. The van der Waals surface area contributed by atoms with E-state index in [0.29, 0.717) is 35.7 Å². The summed E-state index contributed by atoms with van der Waals surface area (Å²) in [7, 11) is 1.53. The molecule has 1 aliphatic rings. The number of hydrogen-bond donors (Lipinski definition) is 2. The van der Waals surface area contributed by atoms with Crippen LogP contribution in [0.15, 0.2) is 18.2 Å². The molecule has 1 aliphatic carbocycles. The molecular formula is C14H16ClNO4. The van der Waals surface area contributed by atoms with Gasteiger partial charge in [-0.1, -0.05) is 11.6 Å². The van der Waals surface area contributed by atoms with Crippen molar-refractivity contribution in [2.75, 3.05) is 12.4 Å². The van der Waals surface area contributed by atoms with Gasteiger partial charge in [-0.3, -0.25) is 9.59 Å². The van der Waals surface area contributed by atoms with E-state index in [9.17, 15) is 9.59 Å². The number of carbonyl (C=O) groups excluding carboxylic acids is 1. The first-order valence-corrected chi connectivity index (χ1v) is 6.76. The Morgan fingerprint density at radius 1 is 1.35 bits per heavy atom.